The van der Waals surface area contributed by atoms with Gasteiger partial charge in [0.15, 0.2) is 11.5 Å². The van der Waals surface area contributed by atoms with Gasteiger partial charge in [-0.1, -0.05) is 57.4 Å². The van der Waals surface area contributed by atoms with Gasteiger partial charge in [0, 0.05) is 9.50 Å². The number of methoxy groups -OCH3 is 1. The van der Waals surface area contributed by atoms with Crippen molar-refractivity contribution in [3.05, 3.63) is 91.8 Å². The molecule has 1 fully saturated rings. The number of benzene rings is 3. The summed E-state index contributed by atoms with van der Waals surface area (Å²) in [7, 11) is 1.56. The molecule has 0 bridgehead atoms. The first kappa shape index (κ1) is 23.4. The maximum Gasteiger partial charge on any atom is 0.298 e. The molecule has 0 unspecified atom stereocenters. The summed E-state index contributed by atoms with van der Waals surface area (Å²) in [6.07, 6.45) is 1.66. The van der Waals surface area contributed by atoms with Crippen LogP contribution in [0.5, 0.6) is 11.5 Å². The van der Waals surface area contributed by atoms with E-state index >= 15 is 0 Å². The molecule has 0 atom stereocenters. The van der Waals surface area contributed by atoms with E-state index in [4.69, 9.17) is 21.1 Å². The highest BCUT2D eigenvalue weighted by atomic mass is 79.9. The van der Waals surface area contributed by atoms with Crippen LogP contribution in [0.2, 0.25) is 5.02 Å². The molecule has 4 rings (SSSR count). The number of carbonyl (C=O) groups excluding carboxylic acids is 2. The number of nitrogens with zero attached hydrogens (tertiary/aromatic N) is 1. The summed E-state index contributed by atoms with van der Waals surface area (Å²) in [5.74, 6) is 0.697. The molecule has 0 aromatic heterocycles. The number of hydrogen-bond acceptors (Lipinski definition) is 5. The van der Waals surface area contributed by atoms with E-state index < -0.39 is 5.91 Å². The van der Waals surface area contributed by atoms with Gasteiger partial charge in [0.05, 0.1) is 17.7 Å². The van der Waals surface area contributed by atoms with Crippen LogP contribution in [0.1, 0.15) is 16.7 Å². The smallest absolute Gasteiger partial charge is 0.298 e. The predicted molar refractivity (Wildman–Crippen MR) is 136 cm³/mol. The molecule has 5 nitrogen and oxygen atoms in total. The third kappa shape index (κ3) is 5.27. The molecular formula is C25H19BrClNO4S. The number of imide groups is 1. The van der Waals surface area contributed by atoms with Crippen LogP contribution in [0.25, 0.3) is 6.08 Å². The number of carbonyl (C=O) groups is 2. The minimum atomic E-state index is -0.391. The van der Waals surface area contributed by atoms with Crippen LogP contribution in [0, 0.1) is 6.92 Å². The minimum Gasteiger partial charge on any atom is -0.493 e. The standard InChI is InChI=1S/C25H19BrClNO4S/c1-15-3-5-16(6-4-15)14-32-22-13-20(26)17(11-21(22)31-2)12-23-24(29)28(25(30)33-23)19-9-7-18(27)8-10-19/h3-13H,14H2,1-2H3/b23-12+. The molecular weight excluding hydrogens is 526 g/mol. The van der Waals surface area contributed by atoms with Crippen molar-refractivity contribution in [1.29, 1.82) is 0 Å². The van der Waals surface area contributed by atoms with Gasteiger partial charge in [-0.25, -0.2) is 4.90 Å². The van der Waals surface area contributed by atoms with E-state index in [0.717, 1.165) is 22.2 Å². The average molecular weight is 545 g/mol. The van der Waals surface area contributed by atoms with Crippen LogP contribution in [-0.4, -0.2) is 18.3 Å². The van der Waals surface area contributed by atoms with Gasteiger partial charge in [0.2, 0.25) is 0 Å². The van der Waals surface area contributed by atoms with E-state index in [1.165, 1.54) is 5.56 Å². The van der Waals surface area contributed by atoms with E-state index in [-0.39, 0.29) is 5.24 Å². The molecule has 1 saturated heterocycles. The molecule has 0 N–H and O–H groups in total. The molecule has 8 heteroatoms. The van der Waals surface area contributed by atoms with Crippen molar-refractivity contribution < 1.29 is 19.1 Å². The zero-order chi connectivity index (χ0) is 23.5. The summed E-state index contributed by atoms with van der Waals surface area (Å²) in [5, 5.41) is 0.164. The molecule has 0 saturated carbocycles. The lowest BCUT2D eigenvalue weighted by Crippen LogP contribution is -2.27. The molecule has 1 aliphatic heterocycles. The first-order valence-corrected chi connectivity index (χ1v) is 11.9. The summed E-state index contributed by atoms with van der Waals surface area (Å²) in [4.78, 5) is 26.9. The Morgan fingerprint density at radius 2 is 1.73 bits per heavy atom. The van der Waals surface area contributed by atoms with Crippen molar-refractivity contribution in [1.82, 2.24) is 0 Å². The predicted octanol–water partition coefficient (Wildman–Crippen LogP) is 7.24. The molecule has 1 heterocycles. The van der Waals surface area contributed by atoms with Crippen LogP contribution in [0.4, 0.5) is 10.5 Å². The van der Waals surface area contributed by atoms with Crippen LogP contribution < -0.4 is 14.4 Å². The second-order valence-electron chi connectivity index (χ2n) is 7.29. The largest absolute Gasteiger partial charge is 0.493 e. The van der Waals surface area contributed by atoms with Gasteiger partial charge in [-0.15, -0.1) is 0 Å². The van der Waals surface area contributed by atoms with E-state index in [1.54, 1.807) is 49.6 Å². The van der Waals surface area contributed by atoms with Crippen molar-refractivity contribution in [2.45, 2.75) is 13.5 Å². The normalized spacial score (nSPS) is 14.8. The fraction of sp³-hybridized carbons (Fsp3) is 0.120. The highest BCUT2D eigenvalue weighted by molar-refractivity contribution is 9.10. The lowest BCUT2D eigenvalue weighted by molar-refractivity contribution is -0.113. The number of amides is 2. The summed E-state index contributed by atoms with van der Waals surface area (Å²) >= 11 is 10.3. The Hall–Kier alpha value is -2.74. The Labute approximate surface area is 209 Å². The van der Waals surface area contributed by atoms with E-state index in [1.807, 2.05) is 31.2 Å². The molecule has 0 radical (unpaired) electrons. The number of thioether (sulfide) groups is 1. The molecule has 33 heavy (non-hydrogen) atoms. The van der Waals surface area contributed by atoms with Gasteiger partial charge >= 0.3 is 0 Å². The Kier molecular flexibility index (Phi) is 7.12. The summed E-state index contributed by atoms with van der Waals surface area (Å²) < 4.78 is 12.2. The average Bonchev–Trinajstić information content (AvgIpc) is 3.08. The zero-order valence-electron chi connectivity index (χ0n) is 17.8. The van der Waals surface area contributed by atoms with Crippen molar-refractivity contribution in [3.8, 4) is 11.5 Å². The monoisotopic (exact) mass is 543 g/mol. The Bertz CT molecular complexity index is 1240. The summed E-state index contributed by atoms with van der Waals surface area (Å²) in [6, 6.07) is 18.2. The molecule has 2 amide bonds. The van der Waals surface area contributed by atoms with Crippen molar-refractivity contribution in [2.24, 2.45) is 0 Å². The van der Waals surface area contributed by atoms with Crippen molar-refractivity contribution >= 4 is 62.2 Å². The van der Waals surface area contributed by atoms with E-state index in [0.29, 0.717) is 43.8 Å². The van der Waals surface area contributed by atoms with E-state index in [9.17, 15) is 9.59 Å². The third-order valence-corrected chi connectivity index (χ3v) is 6.77. The van der Waals surface area contributed by atoms with Gasteiger partial charge in [0.1, 0.15) is 6.61 Å². The first-order chi connectivity index (χ1) is 15.9. The van der Waals surface area contributed by atoms with Gasteiger partial charge in [0.25, 0.3) is 11.1 Å². The number of hydrogen-bond donors (Lipinski definition) is 0. The molecule has 0 aliphatic carbocycles. The van der Waals surface area contributed by atoms with Crippen LogP contribution in [-0.2, 0) is 11.4 Å². The SMILES string of the molecule is COc1cc(/C=C2/SC(=O)N(c3ccc(Cl)cc3)C2=O)c(Br)cc1OCc1ccc(C)cc1. The fourth-order valence-electron chi connectivity index (χ4n) is 3.20. The topological polar surface area (TPSA) is 55.8 Å². The Morgan fingerprint density at radius 3 is 2.39 bits per heavy atom. The highest BCUT2D eigenvalue weighted by Crippen LogP contribution is 2.39. The third-order valence-electron chi connectivity index (χ3n) is 4.96. The second-order valence-corrected chi connectivity index (χ2v) is 9.58. The number of ether oxygens (including phenoxy) is 2. The molecule has 1 aliphatic rings. The quantitative estimate of drug-likeness (QED) is 0.306. The number of halogens is 2. The maximum atomic E-state index is 12.9. The Morgan fingerprint density at radius 1 is 1.03 bits per heavy atom. The number of aryl methyl sites for hydroxylation is 1. The highest BCUT2D eigenvalue weighted by Gasteiger charge is 2.36. The second kappa shape index (κ2) is 10.0. The van der Waals surface area contributed by atoms with Crippen LogP contribution >= 0.6 is 39.3 Å². The van der Waals surface area contributed by atoms with Gasteiger partial charge in [-0.05, 0) is 72.3 Å². The van der Waals surface area contributed by atoms with Gasteiger partial charge in [-0.3, -0.25) is 9.59 Å². The first-order valence-electron chi connectivity index (χ1n) is 9.95. The number of anilines is 1. The molecule has 0 spiro atoms. The molecule has 168 valence electrons. The fourth-order valence-corrected chi connectivity index (χ4v) is 4.60. The zero-order valence-corrected chi connectivity index (χ0v) is 21.0. The van der Waals surface area contributed by atoms with Crippen LogP contribution in [0.15, 0.2) is 70.0 Å². The summed E-state index contributed by atoms with van der Waals surface area (Å²) in [6.45, 7) is 2.43. The maximum absolute atomic E-state index is 12.9. The summed E-state index contributed by atoms with van der Waals surface area (Å²) in [5.41, 5.74) is 3.39. The van der Waals surface area contributed by atoms with Gasteiger partial charge < -0.3 is 9.47 Å². The van der Waals surface area contributed by atoms with Gasteiger partial charge in [-0.2, -0.15) is 0 Å². The lowest BCUT2D eigenvalue weighted by atomic mass is 10.1. The van der Waals surface area contributed by atoms with Crippen molar-refractivity contribution in [2.75, 3.05) is 12.0 Å². The van der Waals surface area contributed by atoms with E-state index in [2.05, 4.69) is 15.9 Å². The van der Waals surface area contributed by atoms with Crippen molar-refractivity contribution in [3.63, 3.8) is 0 Å². The molecule has 3 aromatic carbocycles. The molecule has 3 aromatic rings. The van der Waals surface area contributed by atoms with Crippen LogP contribution in [0.3, 0.4) is 0 Å². The minimum absolute atomic E-state index is 0.311. The Balaban J connectivity index is 1.57. The number of rotatable bonds is 6. The lowest BCUT2D eigenvalue weighted by Gasteiger charge is -2.13.